The van der Waals surface area contributed by atoms with Crippen LogP contribution in [0.3, 0.4) is 0 Å². The third-order valence-electron chi connectivity index (χ3n) is 3.98. The summed E-state index contributed by atoms with van der Waals surface area (Å²) in [6.45, 7) is 1.49. The van der Waals surface area contributed by atoms with E-state index in [1.807, 2.05) is 4.90 Å². The first-order valence-electron chi connectivity index (χ1n) is 7.55. The summed E-state index contributed by atoms with van der Waals surface area (Å²) in [5.74, 6) is 1.78. The van der Waals surface area contributed by atoms with E-state index in [0.29, 0.717) is 30.6 Å². The van der Waals surface area contributed by atoms with Crippen molar-refractivity contribution in [3.63, 3.8) is 0 Å². The van der Waals surface area contributed by atoms with Gasteiger partial charge in [0.25, 0.3) is 0 Å². The molecule has 114 valence electrons. The predicted molar refractivity (Wildman–Crippen MR) is 76.2 cm³/mol. The van der Waals surface area contributed by atoms with Crippen LogP contribution in [-0.4, -0.2) is 47.1 Å². The molecule has 0 unspecified atom stereocenters. The number of rotatable bonds is 5. The van der Waals surface area contributed by atoms with Crippen LogP contribution < -0.4 is 9.47 Å². The number of hydrogen-bond acceptors (Lipinski definition) is 5. The maximum Gasteiger partial charge on any atom is 0.235 e. The number of amides is 1. The van der Waals surface area contributed by atoms with Crippen molar-refractivity contribution in [2.75, 3.05) is 20.2 Å². The Morgan fingerprint density at radius 2 is 2.14 bits per heavy atom. The minimum atomic E-state index is -0.0108. The highest BCUT2D eigenvalue weighted by molar-refractivity contribution is 5.76. The average molecular weight is 291 g/mol. The summed E-state index contributed by atoms with van der Waals surface area (Å²) in [5, 5.41) is 0. The second-order valence-electron chi connectivity index (χ2n) is 5.77. The van der Waals surface area contributed by atoms with Gasteiger partial charge < -0.3 is 14.4 Å². The van der Waals surface area contributed by atoms with Crippen molar-refractivity contribution >= 4 is 5.91 Å². The summed E-state index contributed by atoms with van der Waals surface area (Å²) in [6, 6.07) is 0. The Morgan fingerprint density at radius 1 is 1.33 bits per heavy atom. The van der Waals surface area contributed by atoms with Crippen molar-refractivity contribution in [2.24, 2.45) is 5.92 Å². The Labute approximate surface area is 124 Å². The molecule has 0 bridgehead atoms. The monoisotopic (exact) mass is 291 g/mol. The van der Waals surface area contributed by atoms with E-state index in [1.165, 1.54) is 12.8 Å². The summed E-state index contributed by atoms with van der Waals surface area (Å²) < 4.78 is 10.9. The van der Waals surface area contributed by atoms with Crippen LogP contribution in [0.5, 0.6) is 11.8 Å². The molecule has 0 aromatic carbocycles. The molecule has 2 fully saturated rings. The molecule has 6 nitrogen and oxygen atoms in total. The molecule has 6 heteroatoms. The number of piperidine rings is 1. The third-order valence-corrected chi connectivity index (χ3v) is 3.98. The van der Waals surface area contributed by atoms with Gasteiger partial charge in [0, 0.05) is 13.0 Å². The van der Waals surface area contributed by atoms with Crippen LogP contribution in [-0.2, 0) is 4.79 Å². The quantitative estimate of drug-likeness (QED) is 0.825. The van der Waals surface area contributed by atoms with Crippen molar-refractivity contribution in [3.8, 4) is 11.8 Å². The molecule has 1 atom stereocenters. The van der Waals surface area contributed by atoms with Gasteiger partial charge in [0.15, 0.2) is 0 Å². The molecule has 2 aliphatic rings. The number of methoxy groups -OCH3 is 1. The Bertz CT molecular complexity index is 505. The van der Waals surface area contributed by atoms with Crippen LogP contribution in [0, 0.1) is 5.92 Å². The van der Waals surface area contributed by atoms with E-state index in [0.717, 1.165) is 19.4 Å². The lowest BCUT2D eigenvalue weighted by Crippen LogP contribution is -2.44. The molecule has 0 radical (unpaired) electrons. The zero-order valence-corrected chi connectivity index (χ0v) is 12.3. The molecule has 2 heterocycles. The molecule has 1 saturated heterocycles. The topological polar surface area (TPSA) is 64.6 Å². The van der Waals surface area contributed by atoms with E-state index in [1.54, 1.807) is 19.5 Å². The largest absolute Gasteiger partial charge is 0.480 e. The summed E-state index contributed by atoms with van der Waals surface area (Å²) >= 11 is 0. The van der Waals surface area contributed by atoms with Gasteiger partial charge in [-0.1, -0.05) is 0 Å². The Hall–Kier alpha value is -1.85. The zero-order valence-electron chi connectivity index (χ0n) is 12.3. The fourth-order valence-electron chi connectivity index (χ4n) is 2.62. The van der Waals surface area contributed by atoms with Crippen LogP contribution in [0.2, 0.25) is 0 Å². The molecule has 1 saturated carbocycles. The van der Waals surface area contributed by atoms with Gasteiger partial charge in [0.1, 0.15) is 6.10 Å². The van der Waals surface area contributed by atoms with Crippen LogP contribution in [0.15, 0.2) is 12.4 Å². The molecule has 1 aromatic heterocycles. The lowest BCUT2D eigenvalue weighted by Gasteiger charge is -2.32. The molecule has 0 N–H and O–H groups in total. The molecular formula is C15H21N3O3. The first-order valence-corrected chi connectivity index (χ1v) is 7.55. The predicted octanol–water partition coefficient (Wildman–Crippen LogP) is 1.66. The van der Waals surface area contributed by atoms with Crippen LogP contribution in [0.4, 0.5) is 0 Å². The van der Waals surface area contributed by atoms with Crippen LogP contribution >= 0.6 is 0 Å². The van der Waals surface area contributed by atoms with E-state index >= 15 is 0 Å². The maximum absolute atomic E-state index is 12.2. The smallest absolute Gasteiger partial charge is 0.235 e. The first-order chi connectivity index (χ1) is 10.2. The second-order valence-corrected chi connectivity index (χ2v) is 5.77. The average Bonchev–Trinajstić information content (AvgIpc) is 3.31. The van der Waals surface area contributed by atoms with Crippen molar-refractivity contribution in [1.82, 2.24) is 14.9 Å². The number of ether oxygens (including phenoxy) is 2. The van der Waals surface area contributed by atoms with E-state index in [2.05, 4.69) is 9.97 Å². The lowest BCUT2D eigenvalue weighted by atomic mass is 10.1. The number of likely N-dealkylation sites (tertiary alicyclic amines) is 1. The van der Waals surface area contributed by atoms with Crippen LogP contribution in [0.25, 0.3) is 0 Å². The highest BCUT2D eigenvalue weighted by Crippen LogP contribution is 2.33. The molecule has 0 spiro atoms. The van der Waals surface area contributed by atoms with Gasteiger partial charge >= 0.3 is 0 Å². The van der Waals surface area contributed by atoms with Crippen molar-refractivity contribution < 1.29 is 14.3 Å². The van der Waals surface area contributed by atoms with Gasteiger partial charge in [-0.3, -0.25) is 9.78 Å². The molecule has 1 aliphatic heterocycles. The second kappa shape index (κ2) is 6.28. The van der Waals surface area contributed by atoms with E-state index in [4.69, 9.17) is 9.47 Å². The molecule has 21 heavy (non-hydrogen) atoms. The molecular weight excluding hydrogens is 270 g/mol. The zero-order chi connectivity index (χ0) is 14.7. The fraction of sp³-hybridized carbons (Fsp3) is 0.667. The van der Waals surface area contributed by atoms with Crippen LogP contribution in [0.1, 0.15) is 32.1 Å². The van der Waals surface area contributed by atoms with Gasteiger partial charge in [-0.25, -0.2) is 0 Å². The molecule has 1 amide bonds. The Kier molecular flexibility index (Phi) is 4.22. The molecule has 3 rings (SSSR count). The number of hydrogen-bond donors (Lipinski definition) is 0. The van der Waals surface area contributed by atoms with Gasteiger partial charge in [-0.2, -0.15) is 4.98 Å². The SMILES string of the molecule is COc1cncc(O[C@H]2CCCN(C(=O)CC3CC3)C2)n1. The highest BCUT2D eigenvalue weighted by atomic mass is 16.5. The lowest BCUT2D eigenvalue weighted by molar-refractivity contribution is -0.134. The number of carbonyl (C=O) groups is 1. The minimum Gasteiger partial charge on any atom is -0.480 e. The number of aromatic nitrogens is 2. The third kappa shape index (κ3) is 3.83. The number of nitrogens with zero attached hydrogens (tertiary/aromatic N) is 3. The normalized spacial score (nSPS) is 22.0. The van der Waals surface area contributed by atoms with E-state index in [-0.39, 0.29) is 12.0 Å². The van der Waals surface area contributed by atoms with Gasteiger partial charge in [-0.15, -0.1) is 0 Å². The van der Waals surface area contributed by atoms with Crippen molar-refractivity contribution in [1.29, 1.82) is 0 Å². The molecule has 1 aliphatic carbocycles. The highest BCUT2D eigenvalue weighted by Gasteiger charge is 2.30. The maximum atomic E-state index is 12.2. The summed E-state index contributed by atoms with van der Waals surface area (Å²) in [6.07, 6.45) is 8.13. The Balaban J connectivity index is 1.56. The number of carbonyl (C=O) groups excluding carboxylic acids is 1. The molecule has 1 aromatic rings. The Morgan fingerprint density at radius 3 is 2.90 bits per heavy atom. The van der Waals surface area contributed by atoms with Gasteiger partial charge in [0.05, 0.1) is 26.0 Å². The summed E-state index contributed by atoms with van der Waals surface area (Å²) in [4.78, 5) is 22.3. The van der Waals surface area contributed by atoms with Crippen molar-refractivity contribution in [3.05, 3.63) is 12.4 Å². The van der Waals surface area contributed by atoms with E-state index < -0.39 is 0 Å². The summed E-state index contributed by atoms with van der Waals surface area (Å²) in [7, 11) is 1.55. The van der Waals surface area contributed by atoms with Gasteiger partial charge in [0.2, 0.25) is 17.7 Å². The van der Waals surface area contributed by atoms with Gasteiger partial charge in [-0.05, 0) is 31.6 Å². The summed E-state index contributed by atoms with van der Waals surface area (Å²) in [5.41, 5.74) is 0. The van der Waals surface area contributed by atoms with E-state index in [9.17, 15) is 4.79 Å². The first kappa shape index (κ1) is 14.1. The standard InChI is InChI=1S/C15H21N3O3/c1-20-13-8-16-9-14(17-13)21-12-3-2-6-18(10-12)15(19)7-11-4-5-11/h8-9,11-12H,2-7,10H2,1H3/t12-/m0/s1. The fourth-order valence-corrected chi connectivity index (χ4v) is 2.62. The minimum absolute atomic E-state index is 0.0108. The van der Waals surface area contributed by atoms with Crippen molar-refractivity contribution in [2.45, 2.75) is 38.2 Å².